The fourth-order valence-electron chi connectivity index (χ4n) is 2.19. The highest BCUT2D eigenvalue weighted by Crippen LogP contribution is 2.21. The third-order valence-electron chi connectivity index (χ3n) is 3.12. The molecule has 0 saturated carbocycles. The van der Waals surface area contributed by atoms with Gasteiger partial charge in [-0.2, -0.15) is 0 Å². The van der Waals surface area contributed by atoms with Crippen molar-refractivity contribution < 1.29 is 4.42 Å². The maximum atomic E-state index is 5.72. The van der Waals surface area contributed by atoms with Gasteiger partial charge in [-0.25, -0.2) is 0 Å². The molecule has 0 fully saturated rings. The van der Waals surface area contributed by atoms with Crippen LogP contribution in [0.15, 0.2) is 46.9 Å². The molecule has 2 aromatic rings. The maximum Gasteiger partial charge on any atom is 0.121 e. The van der Waals surface area contributed by atoms with Crippen LogP contribution in [0.25, 0.3) is 0 Å². The zero-order valence-electron chi connectivity index (χ0n) is 11.1. The van der Waals surface area contributed by atoms with Crippen LogP contribution in [0.2, 0.25) is 0 Å². The Morgan fingerprint density at radius 2 is 1.89 bits per heavy atom. The van der Waals surface area contributed by atoms with Crippen molar-refractivity contribution in [3.05, 3.63) is 59.5 Å². The van der Waals surface area contributed by atoms with Crippen molar-refractivity contribution >= 4 is 0 Å². The van der Waals surface area contributed by atoms with E-state index in [1.165, 1.54) is 5.56 Å². The molecule has 0 radical (unpaired) electrons. The Bertz CT molecular complexity index is 461. The summed E-state index contributed by atoms with van der Waals surface area (Å²) in [5.41, 5.74) is 1.38. The Morgan fingerprint density at radius 3 is 2.50 bits per heavy atom. The second kappa shape index (κ2) is 6.41. The van der Waals surface area contributed by atoms with E-state index in [-0.39, 0.29) is 0 Å². The lowest BCUT2D eigenvalue weighted by atomic mass is 10.0. The average Bonchev–Trinajstić information content (AvgIpc) is 2.82. The molecule has 96 valence electrons. The molecular formula is C16H21NO. The average molecular weight is 243 g/mol. The van der Waals surface area contributed by atoms with Gasteiger partial charge < -0.3 is 9.73 Å². The molecule has 1 aromatic carbocycles. The monoisotopic (exact) mass is 243 g/mol. The van der Waals surface area contributed by atoms with E-state index in [1.54, 1.807) is 0 Å². The molecule has 1 atom stereocenters. The number of rotatable bonds is 6. The minimum absolute atomic E-state index is 0.309. The molecule has 0 saturated heterocycles. The third kappa shape index (κ3) is 3.47. The number of hydrogen-bond acceptors (Lipinski definition) is 2. The molecule has 0 aliphatic rings. The van der Waals surface area contributed by atoms with E-state index in [0.29, 0.717) is 6.04 Å². The summed E-state index contributed by atoms with van der Waals surface area (Å²) in [5.74, 6) is 2.03. The topological polar surface area (TPSA) is 25.2 Å². The van der Waals surface area contributed by atoms with Gasteiger partial charge in [0, 0.05) is 0 Å². The van der Waals surface area contributed by atoms with E-state index in [2.05, 4.69) is 48.6 Å². The lowest BCUT2D eigenvalue weighted by Crippen LogP contribution is -2.21. The first-order valence-electron chi connectivity index (χ1n) is 6.63. The van der Waals surface area contributed by atoms with E-state index in [1.807, 2.05) is 13.0 Å². The van der Waals surface area contributed by atoms with Crippen LogP contribution >= 0.6 is 0 Å². The minimum Gasteiger partial charge on any atom is -0.465 e. The van der Waals surface area contributed by atoms with E-state index in [4.69, 9.17) is 4.42 Å². The van der Waals surface area contributed by atoms with Gasteiger partial charge in [0.15, 0.2) is 0 Å². The van der Waals surface area contributed by atoms with Gasteiger partial charge in [-0.3, -0.25) is 0 Å². The summed E-state index contributed by atoms with van der Waals surface area (Å²) in [5, 5.41) is 3.49. The Balaban J connectivity index is 1.98. The summed E-state index contributed by atoms with van der Waals surface area (Å²) in [6.45, 7) is 5.08. The highest BCUT2D eigenvalue weighted by atomic mass is 16.3. The number of nitrogens with one attached hydrogen (secondary N) is 1. The number of aryl methyl sites for hydroxylation is 2. The molecule has 1 heterocycles. The van der Waals surface area contributed by atoms with Gasteiger partial charge in [-0.05, 0) is 44.0 Å². The van der Waals surface area contributed by atoms with Crippen molar-refractivity contribution in [2.24, 2.45) is 0 Å². The van der Waals surface area contributed by atoms with Crippen molar-refractivity contribution in [3.63, 3.8) is 0 Å². The maximum absolute atomic E-state index is 5.72. The lowest BCUT2D eigenvalue weighted by Gasteiger charge is -2.15. The SMILES string of the molecule is CCNC(CCc1ccccc1)c1ccc(C)o1. The summed E-state index contributed by atoms with van der Waals surface area (Å²) >= 11 is 0. The van der Waals surface area contributed by atoms with Crippen molar-refractivity contribution in [1.82, 2.24) is 5.32 Å². The fraction of sp³-hybridized carbons (Fsp3) is 0.375. The molecule has 1 N–H and O–H groups in total. The van der Waals surface area contributed by atoms with E-state index >= 15 is 0 Å². The molecule has 1 unspecified atom stereocenters. The molecular weight excluding hydrogens is 222 g/mol. The molecule has 0 spiro atoms. The summed E-state index contributed by atoms with van der Waals surface area (Å²) in [6, 6.07) is 15.0. The largest absolute Gasteiger partial charge is 0.465 e. The van der Waals surface area contributed by atoms with Gasteiger partial charge in [0.05, 0.1) is 6.04 Å². The Morgan fingerprint density at radius 1 is 1.11 bits per heavy atom. The third-order valence-corrected chi connectivity index (χ3v) is 3.12. The van der Waals surface area contributed by atoms with Crippen molar-refractivity contribution in [2.75, 3.05) is 6.54 Å². The van der Waals surface area contributed by atoms with Crippen LogP contribution in [0.4, 0.5) is 0 Å². The van der Waals surface area contributed by atoms with Gasteiger partial charge in [0.25, 0.3) is 0 Å². The summed E-state index contributed by atoms with van der Waals surface area (Å²) in [4.78, 5) is 0. The van der Waals surface area contributed by atoms with E-state index in [9.17, 15) is 0 Å². The first kappa shape index (κ1) is 12.9. The Labute approximate surface area is 109 Å². The molecule has 2 nitrogen and oxygen atoms in total. The van der Waals surface area contributed by atoms with E-state index in [0.717, 1.165) is 30.9 Å². The first-order valence-corrected chi connectivity index (χ1v) is 6.63. The van der Waals surface area contributed by atoms with Crippen LogP contribution in [0, 0.1) is 6.92 Å². The summed E-state index contributed by atoms with van der Waals surface area (Å²) < 4.78 is 5.72. The highest BCUT2D eigenvalue weighted by Gasteiger charge is 2.13. The van der Waals surface area contributed by atoms with Gasteiger partial charge in [0.2, 0.25) is 0 Å². The standard InChI is InChI=1S/C16H21NO/c1-3-17-15(16-12-9-13(2)18-16)11-10-14-7-5-4-6-8-14/h4-9,12,15,17H,3,10-11H2,1-2H3. The molecule has 0 aliphatic carbocycles. The first-order chi connectivity index (χ1) is 8.79. The Hall–Kier alpha value is -1.54. The summed E-state index contributed by atoms with van der Waals surface area (Å²) in [7, 11) is 0. The van der Waals surface area contributed by atoms with Crippen LogP contribution in [-0.4, -0.2) is 6.54 Å². The van der Waals surface area contributed by atoms with Crippen LogP contribution in [-0.2, 0) is 6.42 Å². The van der Waals surface area contributed by atoms with Gasteiger partial charge in [-0.15, -0.1) is 0 Å². The van der Waals surface area contributed by atoms with Crippen LogP contribution in [0.5, 0.6) is 0 Å². The zero-order valence-corrected chi connectivity index (χ0v) is 11.1. The quantitative estimate of drug-likeness (QED) is 0.833. The smallest absolute Gasteiger partial charge is 0.121 e. The predicted molar refractivity (Wildman–Crippen MR) is 74.6 cm³/mol. The van der Waals surface area contributed by atoms with Crippen molar-refractivity contribution in [2.45, 2.75) is 32.7 Å². The Kier molecular flexibility index (Phi) is 4.59. The molecule has 18 heavy (non-hydrogen) atoms. The second-order valence-electron chi connectivity index (χ2n) is 4.58. The summed E-state index contributed by atoms with van der Waals surface area (Å²) in [6.07, 6.45) is 2.13. The fourth-order valence-corrected chi connectivity index (χ4v) is 2.19. The number of furan rings is 1. The number of hydrogen-bond donors (Lipinski definition) is 1. The molecule has 1 aromatic heterocycles. The van der Waals surface area contributed by atoms with Crippen LogP contribution < -0.4 is 5.32 Å². The van der Waals surface area contributed by atoms with Gasteiger partial charge in [0.1, 0.15) is 11.5 Å². The molecule has 0 bridgehead atoms. The molecule has 2 rings (SSSR count). The van der Waals surface area contributed by atoms with Gasteiger partial charge in [-0.1, -0.05) is 37.3 Å². The highest BCUT2D eigenvalue weighted by molar-refractivity contribution is 5.16. The van der Waals surface area contributed by atoms with Crippen molar-refractivity contribution in [1.29, 1.82) is 0 Å². The molecule has 0 amide bonds. The van der Waals surface area contributed by atoms with Crippen molar-refractivity contribution in [3.8, 4) is 0 Å². The minimum atomic E-state index is 0.309. The second-order valence-corrected chi connectivity index (χ2v) is 4.58. The molecule has 2 heteroatoms. The number of benzene rings is 1. The van der Waals surface area contributed by atoms with Crippen LogP contribution in [0.3, 0.4) is 0 Å². The lowest BCUT2D eigenvalue weighted by molar-refractivity contribution is 0.390. The normalized spacial score (nSPS) is 12.6. The van der Waals surface area contributed by atoms with Gasteiger partial charge >= 0.3 is 0 Å². The predicted octanol–water partition coefficient (Wildman–Crippen LogP) is 3.87. The van der Waals surface area contributed by atoms with Crippen LogP contribution in [0.1, 0.15) is 36.5 Å². The zero-order chi connectivity index (χ0) is 12.8. The van der Waals surface area contributed by atoms with E-state index < -0.39 is 0 Å². The molecule has 0 aliphatic heterocycles.